The summed E-state index contributed by atoms with van der Waals surface area (Å²) in [5, 5.41) is 0. The van der Waals surface area contributed by atoms with Gasteiger partial charge in [0, 0.05) is 0 Å². The SMILES string of the molecule is CCCCCC1=C(CCCCC)C(CCCCC)(CCCCC)[C]([Fe][C]2=C(CCCCC)C(CCCCC)=C(CCCCC)C2(CCCCC)CCCCC)=C1CCCCC. The molecule has 0 radical (unpaired) electrons. The molecule has 0 spiro atoms. The van der Waals surface area contributed by atoms with Crippen molar-refractivity contribution in [3.05, 3.63) is 42.4 Å². The number of rotatable bonds is 42. The Bertz CT molecular complexity index is 1140. The molecule has 0 heterocycles. The molecule has 0 aromatic rings. The maximum atomic E-state index is 2.46. The van der Waals surface area contributed by atoms with E-state index in [1.165, 1.54) is 272 Å². The van der Waals surface area contributed by atoms with Crippen LogP contribution in [0.4, 0.5) is 0 Å². The van der Waals surface area contributed by atoms with Crippen molar-refractivity contribution in [3.63, 3.8) is 0 Å². The van der Waals surface area contributed by atoms with Gasteiger partial charge in [0.15, 0.2) is 0 Å². The Kier molecular flexibility index (Phi) is 32.3. The monoisotopic (exact) mass is 887 g/mol. The molecule has 0 saturated carbocycles. The Balaban J connectivity index is 3.24. The molecule has 0 amide bonds. The van der Waals surface area contributed by atoms with Gasteiger partial charge in [-0.25, -0.2) is 0 Å². The standard InChI is InChI=1S/2C30H55.Fe/c2*1-6-11-16-21-27-26-30(24-19-14-9-4,25-20-15-10-5)29(23-18-13-8-3)28(27)22-17-12-7-2;/h2*6-25H2,1-5H3;. The summed E-state index contributed by atoms with van der Waals surface area (Å²) in [6.45, 7) is 24.4. The van der Waals surface area contributed by atoms with Crippen LogP contribution in [0.5, 0.6) is 0 Å². The van der Waals surface area contributed by atoms with Crippen molar-refractivity contribution in [3.8, 4) is 0 Å². The Morgan fingerprint density at radius 1 is 0.246 bits per heavy atom. The van der Waals surface area contributed by atoms with E-state index in [4.69, 9.17) is 0 Å². The first kappa shape index (κ1) is 56.6. The van der Waals surface area contributed by atoms with Crippen LogP contribution in [0.2, 0.25) is 0 Å². The molecule has 2 aliphatic carbocycles. The molecule has 0 bridgehead atoms. The summed E-state index contributed by atoms with van der Waals surface area (Å²) >= 11 is 1.32. The van der Waals surface area contributed by atoms with Gasteiger partial charge in [0.1, 0.15) is 0 Å². The van der Waals surface area contributed by atoms with Crippen LogP contribution in [0.25, 0.3) is 0 Å². The maximum absolute atomic E-state index is 2.46. The molecule has 2 aliphatic rings. The average Bonchev–Trinajstić information content (AvgIpc) is 3.63. The third-order valence-electron chi connectivity index (χ3n) is 15.1. The second kappa shape index (κ2) is 34.8. The number of unbranched alkanes of at least 4 members (excludes halogenated alkanes) is 20. The third-order valence-corrected chi connectivity index (χ3v) is 17.4. The predicted octanol–water partition coefficient (Wildman–Crippen LogP) is 22.0. The first-order valence-electron chi connectivity index (χ1n) is 28.5. The first-order chi connectivity index (χ1) is 29.9. The second-order valence-corrected chi connectivity index (χ2v) is 21.7. The molecule has 0 aromatic carbocycles. The molecule has 0 saturated heterocycles. The molecular weight excluding hydrogens is 777 g/mol. The molecule has 358 valence electrons. The fourth-order valence-electron chi connectivity index (χ4n) is 11.6. The van der Waals surface area contributed by atoms with Crippen molar-refractivity contribution in [2.45, 2.75) is 326 Å². The van der Waals surface area contributed by atoms with Gasteiger partial charge >= 0.3 is 394 Å². The zero-order valence-electron chi connectivity index (χ0n) is 43.6. The topological polar surface area (TPSA) is 0 Å². The summed E-state index contributed by atoms with van der Waals surface area (Å²) in [7, 11) is 0. The molecule has 0 fully saturated rings. The average molecular weight is 887 g/mol. The van der Waals surface area contributed by atoms with Crippen LogP contribution in [-0.4, -0.2) is 0 Å². The molecule has 2 rings (SSSR count). The van der Waals surface area contributed by atoms with Crippen LogP contribution in [0.15, 0.2) is 42.4 Å². The fraction of sp³-hybridized carbons (Fsp3) is 0.867. The van der Waals surface area contributed by atoms with E-state index < -0.39 is 0 Å². The Hall–Kier alpha value is -0.521. The predicted molar refractivity (Wildman–Crippen MR) is 274 cm³/mol. The van der Waals surface area contributed by atoms with Gasteiger partial charge in [0.05, 0.1) is 0 Å². The zero-order valence-corrected chi connectivity index (χ0v) is 44.7. The van der Waals surface area contributed by atoms with E-state index in [0.717, 1.165) is 0 Å². The van der Waals surface area contributed by atoms with Crippen molar-refractivity contribution in [2.75, 3.05) is 0 Å². The Labute approximate surface area is 392 Å². The van der Waals surface area contributed by atoms with Gasteiger partial charge in [-0.3, -0.25) is 0 Å². The van der Waals surface area contributed by atoms with Gasteiger partial charge in [0.25, 0.3) is 0 Å². The molecule has 0 nitrogen and oxygen atoms in total. The first-order valence-corrected chi connectivity index (χ1v) is 29.6. The van der Waals surface area contributed by atoms with Gasteiger partial charge in [-0.2, -0.15) is 0 Å². The summed E-state index contributed by atoms with van der Waals surface area (Å²) in [5.74, 6) is 0. The van der Waals surface area contributed by atoms with Crippen LogP contribution < -0.4 is 0 Å². The van der Waals surface area contributed by atoms with Gasteiger partial charge < -0.3 is 0 Å². The minimum atomic E-state index is 0.286. The number of allylic oxidation sites excluding steroid dienone is 8. The van der Waals surface area contributed by atoms with Crippen LogP contribution in [-0.2, 0) is 15.0 Å². The summed E-state index contributed by atoms with van der Waals surface area (Å²) < 4.78 is 4.07. The van der Waals surface area contributed by atoms with Crippen molar-refractivity contribution < 1.29 is 15.0 Å². The molecule has 61 heavy (non-hydrogen) atoms. The summed E-state index contributed by atoms with van der Waals surface area (Å²) in [4.78, 5) is 0. The Morgan fingerprint density at radius 3 is 0.705 bits per heavy atom. The van der Waals surface area contributed by atoms with E-state index in [9.17, 15) is 0 Å². The van der Waals surface area contributed by atoms with E-state index in [-0.39, 0.29) is 10.8 Å². The van der Waals surface area contributed by atoms with Crippen LogP contribution in [0.1, 0.15) is 326 Å². The molecule has 1 heteroatoms. The van der Waals surface area contributed by atoms with E-state index >= 15 is 0 Å². The van der Waals surface area contributed by atoms with E-state index in [1.807, 2.05) is 42.4 Å². The normalized spacial score (nSPS) is 16.5. The molecule has 0 N–H and O–H groups in total. The van der Waals surface area contributed by atoms with E-state index in [1.54, 1.807) is 0 Å². The minimum absolute atomic E-state index is 0.286. The zero-order chi connectivity index (χ0) is 44.6. The van der Waals surface area contributed by atoms with E-state index in [0.29, 0.717) is 0 Å². The van der Waals surface area contributed by atoms with Crippen molar-refractivity contribution in [1.29, 1.82) is 0 Å². The number of hydrogen-bond donors (Lipinski definition) is 0. The van der Waals surface area contributed by atoms with Crippen LogP contribution >= 0.6 is 0 Å². The van der Waals surface area contributed by atoms with Crippen molar-refractivity contribution in [2.24, 2.45) is 10.8 Å². The fourth-order valence-corrected chi connectivity index (χ4v) is 14.2. The molecule has 0 aromatic heterocycles. The second-order valence-electron chi connectivity index (χ2n) is 20.3. The van der Waals surface area contributed by atoms with Crippen LogP contribution in [0, 0.1) is 10.8 Å². The summed E-state index contributed by atoms with van der Waals surface area (Å²) in [6, 6.07) is 0. The van der Waals surface area contributed by atoms with Gasteiger partial charge in [-0.1, -0.05) is 0 Å². The third kappa shape index (κ3) is 17.7. The molecule has 0 unspecified atom stereocenters. The Morgan fingerprint density at radius 2 is 0.459 bits per heavy atom. The van der Waals surface area contributed by atoms with Gasteiger partial charge in [0.2, 0.25) is 0 Å². The van der Waals surface area contributed by atoms with Crippen LogP contribution in [0.3, 0.4) is 0 Å². The van der Waals surface area contributed by atoms with Crippen molar-refractivity contribution in [1.82, 2.24) is 0 Å². The molecule has 0 atom stereocenters. The summed E-state index contributed by atoms with van der Waals surface area (Å²) in [5.41, 5.74) is 12.4. The number of hydrogen-bond acceptors (Lipinski definition) is 0. The van der Waals surface area contributed by atoms with E-state index in [2.05, 4.69) is 69.2 Å². The quantitative estimate of drug-likeness (QED) is 0.0423. The molecule has 0 aliphatic heterocycles. The molecular formula is C60H110Fe. The van der Waals surface area contributed by atoms with Gasteiger partial charge in [-0.15, -0.1) is 0 Å². The van der Waals surface area contributed by atoms with Gasteiger partial charge in [-0.05, 0) is 0 Å². The summed E-state index contributed by atoms with van der Waals surface area (Å²) in [6.07, 6.45) is 55.1. The van der Waals surface area contributed by atoms with Crippen molar-refractivity contribution >= 4 is 0 Å².